The molecule has 2 aromatic carbocycles. The summed E-state index contributed by atoms with van der Waals surface area (Å²) in [5.74, 6) is -2.22. The molecule has 0 fully saturated rings. The Bertz CT molecular complexity index is 1880. The van der Waals surface area contributed by atoms with Crippen LogP contribution < -0.4 is 26.0 Å². The number of carbonyl (C=O) groups excluding carboxylic acids is 5. The van der Waals surface area contributed by atoms with Gasteiger partial charge in [0, 0.05) is 19.5 Å². The standard InChI is InChI=1S/C47H68N6O7S/c1-15-25-53(26-16-2)38(29-33-19-23-35(24-20-33)59-44(5,6)7)40(55)51-47(13,14)43(58)52-46(11,12)42(57)50-36(28-32-17-21-34(22-18-32)48-30-61)39(54)49-37(27-31(3)4)41(56)60-45(8,9)10/h15-24,31,36-38H,1-2,25-29H2,3-14H3,(H,49,54)(H,50,57)(H,51,55)(H,52,58)/t36-,37-,38-/m0/s1. The molecule has 0 aliphatic rings. The van der Waals surface area contributed by atoms with Crippen molar-refractivity contribution < 1.29 is 33.4 Å². The van der Waals surface area contributed by atoms with Gasteiger partial charge in [-0.25, -0.2) is 4.79 Å². The van der Waals surface area contributed by atoms with Gasteiger partial charge in [-0.05, 0) is 136 Å². The third-order valence-corrected chi connectivity index (χ3v) is 9.22. The van der Waals surface area contributed by atoms with Crippen LogP contribution in [0.4, 0.5) is 5.69 Å². The Morgan fingerprint density at radius 2 is 1.25 bits per heavy atom. The predicted molar refractivity (Wildman–Crippen MR) is 245 cm³/mol. The van der Waals surface area contributed by atoms with Crippen LogP contribution in [0.25, 0.3) is 0 Å². The molecule has 0 radical (unpaired) electrons. The van der Waals surface area contributed by atoms with E-state index in [0.717, 1.165) is 5.56 Å². The molecule has 2 aromatic rings. The minimum absolute atomic E-state index is 0.0282. The lowest BCUT2D eigenvalue weighted by Crippen LogP contribution is -2.65. The Hall–Kier alpha value is -5.17. The lowest BCUT2D eigenvalue weighted by Gasteiger charge is -2.35. The fourth-order valence-electron chi connectivity index (χ4n) is 6.14. The fourth-order valence-corrected chi connectivity index (χ4v) is 6.24. The van der Waals surface area contributed by atoms with E-state index < -0.39 is 64.4 Å². The van der Waals surface area contributed by atoms with Gasteiger partial charge in [0.05, 0.1) is 16.9 Å². The first-order valence-electron chi connectivity index (χ1n) is 20.6. The van der Waals surface area contributed by atoms with Crippen LogP contribution in [0.1, 0.15) is 101 Å². The molecule has 13 nitrogen and oxygen atoms in total. The maximum Gasteiger partial charge on any atom is 0.329 e. The summed E-state index contributed by atoms with van der Waals surface area (Å²) in [7, 11) is 0. The van der Waals surface area contributed by atoms with E-state index in [0.29, 0.717) is 42.9 Å². The highest BCUT2D eigenvalue weighted by molar-refractivity contribution is 7.78. The molecule has 2 rings (SSSR count). The number of thiocarbonyl (C=S) groups is 1. The minimum Gasteiger partial charge on any atom is -0.488 e. The van der Waals surface area contributed by atoms with Crippen molar-refractivity contribution in [1.82, 2.24) is 26.2 Å². The van der Waals surface area contributed by atoms with E-state index in [1.807, 2.05) is 63.8 Å². The molecule has 0 saturated heterocycles. The molecular weight excluding hydrogens is 793 g/mol. The van der Waals surface area contributed by atoms with Crippen LogP contribution in [-0.4, -0.2) is 93.2 Å². The smallest absolute Gasteiger partial charge is 0.329 e. The molecule has 3 atom stereocenters. The van der Waals surface area contributed by atoms with Gasteiger partial charge in [-0.15, -0.1) is 13.2 Å². The van der Waals surface area contributed by atoms with Crippen LogP contribution in [0.15, 0.2) is 78.8 Å². The van der Waals surface area contributed by atoms with Gasteiger partial charge in [-0.2, -0.15) is 4.99 Å². The van der Waals surface area contributed by atoms with Crippen molar-refractivity contribution in [2.24, 2.45) is 10.9 Å². The summed E-state index contributed by atoms with van der Waals surface area (Å²) in [4.78, 5) is 75.3. The van der Waals surface area contributed by atoms with Gasteiger partial charge in [0.1, 0.15) is 40.1 Å². The van der Waals surface area contributed by atoms with E-state index in [9.17, 15) is 24.0 Å². The normalized spacial score (nSPS) is 13.5. The third-order valence-electron chi connectivity index (χ3n) is 9.13. The highest BCUT2D eigenvalue weighted by Crippen LogP contribution is 2.21. The van der Waals surface area contributed by atoms with Crippen molar-refractivity contribution in [3.05, 3.63) is 85.0 Å². The van der Waals surface area contributed by atoms with E-state index >= 15 is 0 Å². The summed E-state index contributed by atoms with van der Waals surface area (Å²) in [6, 6.07) is 11.5. The Morgan fingerprint density at radius 3 is 1.74 bits per heavy atom. The number of isothiocyanates is 1. The molecule has 0 unspecified atom stereocenters. The van der Waals surface area contributed by atoms with E-state index in [2.05, 4.69) is 44.6 Å². The number of aliphatic imine (C=N–C) groups is 1. The average Bonchev–Trinajstić information content (AvgIpc) is 3.12. The lowest BCUT2D eigenvalue weighted by molar-refractivity contribution is -0.159. The van der Waals surface area contributed by atoms with Crippen LogP contribution in [0, 0.1) is 5.92 Å². The van der Waals surface area contributed by atoms with Crippen LogP contribution in [0.2, 0.25) is 0 Å². The Morgan fingerprint density at radius 1 is 0.721 bits per heavy atom. The Kier molecular flexibility index (Phi) is 19.3. The summed E-state index contributed by atoms with van der Waals surface area (Å²) < 4.78 is 11.6. The number of nitrogens with one attached hydrogen (secondary N) is 4. The average molecular weight is 861 g/mol. The maximum atomic E-state index is 14.1. The van der Waals surface area contributed by atoms with Gasteiger partial charge in [-0.1, -0.05) is 50.3 Å². The predicted octanol–water partition coefficient (Wildman–Crippen LogP) is 6.57. The van der Waals surface area contributed by atoms with Gasteiger partial charge >= 0.3 is 5.97 Å². The molecule has 0 spiro atoms. The number of hydrogen-bond acceptors (Lipinski definition) is 10. The molecule has 0 saturated carbocycles. The second kappa shape index (κ2) is 22.6. The Balaban J connectivity index is 2.37. The van der Waals surface area contributed by atoms with Gasteiger partial charge in [0.25, 0.3) is 0 Å². The first-order valence-corrected chi connectivity index (χ1v) is 21.0. The largest absolute Gasteiger partial charge is 0.488 e. The topological polar surface area (TPSA) is 168 Å². The summed E-state index contributed by atoms with van der Waals surface area (Å²) in [6.45, 7) is 29.5. The lowest BCUT2D eigenvalue weighted by atomic mass is 9.96. The van der Waals surface area contributed by atoms with E-state index in [1.54, 1.807) is 71.0 Å². The molecule has 0 aliphatic carbocycles. The molecule has 4 N–H and O–H groups in total. The second-order valence-electron chi connectivity index (χ2n) is 18.6. The first kappa shape index (κ1) is 52.0. The number of rotatable bonds is 22. The van der Waals surface area contributed by atoms with Crippen molar-refractivity contribution >= 4 is 52.7 Å². The maximum absolute atomic E-state index is 14.1. The van der Waals surface area contributed by atoms with Crippen molar-refractivity contribution in [3.8, 4) is 5.75 Å². The van der Waals surface area contributed by atoms with Crippen molar-refractivity contribution in [2.45, 2.75) is 143 Å². The fraction of sp³-hybridized carbons (Fsp3) is 0.532. The number of amides is 4. The molecule has 0 aromatic heterocycles. The van der Waals surface area contributed by atoms with Crippen molar-refractivity contribution in [2.75, 3.05) is 13.1 Å². The van der Waals surface area contributed by atoms with Gasteiger partial charge in [-0.3, -0.25) is 24.1 Å². The first-order chi connectivity index (χ1) is 28.2. The quantitative estimate of drug-likeness (QED) is 0.0443. The number of nitrogens with zero attached hydrogens (tertiary/aromatic N) is 2. The van der Waals surface area contributed by atoms with Crippen molar-refractivity contribution in [1.29, 1.82) is 0 Å². The number of hydrogen-bond donors (Lipinski definition) is 4. The van der Waals surface area contributed by atoms with Gasteiger partial charge in [0.15, 0.2) is 0 Å². The molecule has 334 valence electrons. The summed E-state index contributed by atoms with van der Waals surface area (Å²) in [5.41, 5.74) is -2.13. The molecular formula is C47H68N6O7S. The summed E-state index contributed by atoms with van der Waals surface area (Å²) in [6.07, 6.45) is 4.04. The monoisotopic (exact) mass is 860 g/mol. The highest BCUT2D eigenvalue weighted by Gasteiger charge is 2.40. The van der Waals surface area contributed by atoms with Crippen LogP contribution >= 0.6 is 12.2 Å². The van der Waals surface area contributed by atoms with Crippen molar-refractivity contribution in [3.63, 3.8) is 0 Å². The van der Waals surface area contributed by atoms with Crippen LogP contribution in [0.3, 0.4) is 0 Å². The summed E-state index contributed by atoms with van der Waals surface area (Å²) >= 11 is 4.71. The van der Waals surface area contributed by atoms with Crippen LogP contribution in [0.5, 0.6) is 5.75 Å². The third kappa shape index (κ3) is 18.1. The van der Waals surface area contributed by atoms with Gasteiger partial charge < -0.3 is 30.7 Å². The van der Waals surface area contributed by atoms with Gasteiger partial charge in [0.2, 0.25) is 23.6 Å². The highest BCUT2D eigenvalue weighted by atomic mass is 32.1. The molecule has 4 amide bonds. The molecule has 61 heavy (non-hydrogen) atoms. The van der Waals surface area contributed by atoms with E-state index in [1.165, 1.54) is 13.8 Å². The Labute approximate surface area is 368 Å². The summed E-state index contributed by atoms with van der Waals surface area (Å²) in [5, 5.41) is 13.6. The van der Waals surface area contributed by atoms with E-state index in [4.69, 9.17) is 21.7 Å². The van der Waals surface area contributed by atoms with Crippen LogP contribution in [-0.2, 0) is 41.6 Å². The molecule has 0 bridgehead atoms. The number of esters is 1. The minimum atomic E-state index is -1.58. The molecule has 14 heteroatoms. The zero-order chi connectivity index (χ0) is 46.3. The SMILES string of the molecule is C=CCN(CC=C)[C@@H](Cc1ccc(OC(C)(C)C)cc1)C(=O)NC(C)(C)C(=O)NC(C)(C)C(=O)N[C@@H](Cc1ccc(N=C=S)cc1)C(=O)N[C@@H](CC(C)C)C(=O)OC(C)(C)C. The number of carbonyl (C=O) groups is 5. The molecule has 0 aliphatic heterocycles. The zero-order valence-corrected chi connectivity index (χ0v) is 39.0. The number of benzene rings is 2. The number of ether oxygens (including phenoxy) is 2. The second-order valence-corrected chi connectivity index (χ2v) is 18.8. The molecule has 0 heterocycles. The van der Waals surface area contributed by atoms with E-state index in [-0.39, 0.29) is 17.9 Å². The zero-order valence-electron chi connectivity index (χ0n) is 38.2.